The molecule has 2 rings (SSSR count). The zero-order chi connectivity index (χ0) is 11.9. The van der Waals surface area contributed by atoms with E-state index < -0.39 is 22.7 Å². The summed E-state index contributed by atoms with van der Waals surface area (Å²) in [4.78, 5) is 12.7. The van der Waals surface area contributed by atoms with Crippen molar-refractivity contribution in [2.45, 2.75) is 12.3 Å². The van der Waals surface area contributed by atoms with E-state index in [2.05, 4.69) is 9.50 Å². The first-order valence-electron chi connectivity index (χ1n) is 4.39. The molecule has 0 aromatic carbocycles. The zero-order valence-corrected chi connectivity index (χ0v) is 9.10. The van der Waals surface area contributed by atoms with E-state index in [-0.39, 0.29) is 18.3 Å². The summed E-state index contributed by atoms with van der Waals surface area (Å²) in [6.45, 7) is 0.235. The molecule has 0 aliphatic carbocycles. The molecule has 16 heavy (non-hydrogen) atoms. The van der Waals surface area contributed by atoms with Gasteiger partial charge in [0.2, 0.25) is 0 Å². The topological polar surface area (TPSA) is 105 Å². The quantitative estimate of drug-likeness (QED) is 0.627. The van der Waals surface area contributed by atoms with Gasteiger partial charge in [0.25, 0.3) is 0 Å². The van der Waals surface area contributed by atoms with Crippen LogP contribution in [-0.4, -0.2) is 49.8 Å². The molecule has 2 aliphatic rings. The molecule has 8 nitrogen and oxygen atoms in total. The molecule has 2 atom stereocenters. The number of rotatable bonds is 3. The number of carbonyl (C=O) groups is 1. The Balaban J connectivity index is 2.26. The SMILES string of the molecule is COC1C=C(OS(=O)(=O)O)C2CN1C(=O)N2. The van der Waals surface area contributed by atoms with Gasteiger partial charge in [0.1, 0.15) is 11.8 Å². The molecule has 2 heterocycles. The zero-order valence-electron chi connectivity index (χ0n) is 8.28. The molecule has 0 aromatic rings. The predicted octanol–water partition coefficient (Wildman–Crippen LogP) is -0.930. The number of urea groups is 1. The van der Waals surface area contributed by atoms with Gasteiger partial charge in [0.15, 0.2) is 6.23 Å². The Kier molecular flexibility index (Phi) is 2.52. The van der Waals surface area contributed by atoms with E-state index in [4.69, 9.17) is 9.29 Å². The number of nitrogens with one attached hydrogen (secondary N) is 1. The van der Waals surface area contributed by atoms with E-state index in [9.17, 15) is 13.2 Å². The third-order valence-electron chi connectivity index (χ3n) is 2.34. The Labute approximate surface area is 91.8 Å². The van der Waals surface area contributed by atoms with E-state index in [0.29, 0.717) is 0 Å². The van der Waals surface area contributed by atoms with Crippen LogP contribution < -0.4 is 5.32 Å². The highest BCUT2D eigenvalue weighted by Crippen LogP contribution is 2.24. The first-order valence-corrected chi connectivity index (χ1v) is 5.76. The smallest absolute Gasteiger partial charge is 0.364 e. The fourth-order valence-corrected chi connectivity index (χ4v) is 2.10. The molecular formula is C7H10N2O6S. The highest BCUT2D eigenvalue weighted by Gasteiger charge is 2.41. The lowest BCUT2D eigenvalue weighted by Crippen LogP contribution is -2.40. The van der Waals surface area contributed by atoms with Gasteiger partial charge in [-0.2, -0.15) is 8.42 Å². The minimum absolute atomic E-state index is 0.0450. The number of ether oxygens (including phenoxy) is 1. The molecule has 0 radical (unpaired) electrons. The monoisotopic (exact) mass is 250 g/mol. The second-order valence-corrected chi connectivity index (χ2v) is 4.38. The summed E-state index contributed by atoms with van der Waals surface area (Å²) in [6.07, 6.45) is 0.621. The molecule has 2 bridgehead atoms. The number of hydrogen-bond acceptors (Lipinski definition) is 5. The second-order valence-electron chi connectivity index (χ2n) is 3.36. The van der Waals surface area contributed by atoms with Crippen LogP contribution in [0.1, 0.15) is 0 Å². The van der Waals surface area contributed by atoms with Gasteiger partial charge in [-0.05, 0) is 0 Å². The molecule has 2 N–H and O–H groups in total. The summed E-state index contributed by atoms with van der Waals surface area (Å²) >= 11 is 0. The van der Waals surface area contributed by atoms with Crippen molar-refractivity contribution in [3.05, 3.63) is 11.8 Å². The number of fused-ring (bicyclic) bond motifs is 2. The number of nitrogens with zero attached hydrogens (tertiary/aromatic N) is 1. The van der Waals surface area contributed by atoms with Crippen molar-refractivity contribution in [2.75, 3.05) is 13.7 Å². The van der Waals surface area contributed by atoms with Gasteiger partial charge >= 0.3 is 16.4 Å². The fraction of sp³-hybridized carbons (Fsp3) is 0.571. The van der Waals surface area contributed by atoms with E-state index in [1.165, 1.54) is 18.1 Å². The first-order chi connectivity index (χ1) is 7.40. The fourth-order valence-electron chi connectivity index (χ4n) is 1.69. The maximum atomic E-state index is 11.4. The molecule has 2 aliphatic heterocycles. The summed E-state index contributed by atoms with van der Waals surface area (Å²) in [5.41, 5.74) is 0. The summed E-state index contributed by atoms with van der Waals surface area (Å²) in [7, 11) is -3.22. The van der Waals surface area contributed by atoms with Gasteiger partial charge in [-0.15, -0.1) is 0 Å². The summed E-state index contributed by atoms with van der Waals surface area (Å²) in [5.74, 6) is -0.0450. The lowest BCUT2D eigenvalue weighted by atomic mass is 10.2. The number of carbonyl (C=O) groups excluding carboxylic acids is 1. The standard InChI is InChI=1S/C7H10N2O6S/c1-14-6-2-5(15-16(11,12)13)4-3-9(6)7(10)8-4/h2,4,6H,3H2,1H3,(H,8,10)(H,11,12,13). The van der Waals surface area contributed by atoms with Crippen molar-refractivity contribution in [1.82, 2.24) is 10.2 Å². The van der Waals surface area contributed by atoms with Crippen LogP contribution in [0.2, 0.25) is 0 Å². The van der Waals surface area contributed by atoms with E-state index in [0.717, 1.165) is 0 Å². The van der Waals surface area contributed by atoms with Gasteiger partial charge in [0, 0.05) is 13.2 Å². The summed E-state index contributed by atoms with van der Waals surface area (Å²) < 4.78 is 39.0. The highest BCUT2D eigenvalue weighted by molar-refractivity contribution is 7.81. The maximum absolute atomic E-state index is 11.4. The minimum atomic E-state index is -4.59. The number of methoxy groups -OCH3 is 1. The Morgan fingerprint density at radius 2 is 2.31 bits per heavy atom. The summed E-state index contributed by atoms with van der Waals surface area (Å²) in [5, 5.41) is 2.49. The van der Waals surface area contributed by atoms with Crippen LogP contribution >= 0.6 is 0 Å². The van der Waals surface area contributed by atoms with Crippen molar-refractivity contribution in [3.63, 3.8) is 0 Å². The van der Waals surface area contributed by atoms with Gasteiger partial charge in [-0.25, -0.2) is 4.79 Å². The van der Waals surface area contributed by atoms with Gasteiger partial charge in [0.05, 0.1) is 6.54 Å². The molecular weight excluding hydrogens is 240 g/mol. The van der Waals surface area contributed by atoms with Crippen LogP contribution in [0, 0.1) is 0 Å². The van der Waals surface area contributed by atoms with Crippen molar-refractivity contribution in [1.29, 1.82) is 0 Å². The lowest BCUT2D eigenvalue weighted by molar-refractivity contribution is 0.0281. The molecule has 2 amide bonds. The molecule has 0 aromatic heterocycles. The van der Waals surface area contributed by atoms with Crippen LogP contribution in [0.5, 0.6) is 0 Å². The predicted molar refractivity (Wildman–Crippen MR) is 50.5 cm³/mol. The van der Waals surface area contributed by atoms with Gasteiger partial charge in [-0.3, -0.25) is 9.45 Å². The minimum Gasteiger partial charge on any atom is -0.364 e. The van der Waals surface area contributed by atoms with Crippen LogP contribution in [0.15, 0.2) is 11.8 Å². The van der Waals surface area contributed by atoms with Crippen molar-refractivity contribution < 1.29 is 26.7 Å². The highest BCUT2D eigenvalue weighted by atomic mass is 32.3. The van der Waals surface area contributed by atoms with Crippen LogP contribution in [-0.2, 0) is 19.3 Å². The van der Waals surface area contributed by atoms with E-state index >= 15 is 0 Å². The molecule has 0 saturated carbocycles. The largest absolute Gasteiger partial charge is 0.446 e. The van der Waals surface area contributed by atoms with Gasteiger partial charge in [-0.1, -0.05) is 0 Å². The number of hydrogen-bond donors (Lipinski definition) is 2. The normalized spacial score (nSPS) is 28.8. The van der Waals surface area contributed by atoms with Crippen molar-refractivity contribution >= 4 is 16.4 Å². The first kappa shape index (κ1) is 11.2. The molecule has 90 valence electrons. The molecule has 0 spiro atoms. The summed E-state index contributed by atoms with van der Waals surface area (Å²) in [6, 6.07) is -0.956. The Morgan fingerprint density at radius 3 is 2.88 bits per heavy atom. The van der Waals surface area contributed by atoms with Crippen LogP contribution in [0.3, 0.4) is 0 Å². The van der Waals surface area contributed by atoms with Crippen molar-refractivity contribution in [3.8, 4) is 0 Å². The maximum Gasteiger partial charge on any atom is 0.446 e. The molecule has 1 fully saturated rings. The molecule has 1 saturated heterocycles. The van der Waals surface area contributed by atoms with E-state index in [1.54, 1.807) is 0 Å². The Morgan fingerprint density at radius 1 is 1.62 bits per heavy atom. The third-order valence-corrected chi connectivity index (χ3v) is 2.74. The average molecular weight is 250 g/mol. The second kappa shape index (κ2) is 3.61. The third kappa shape index (κ3) is 1.96. The Hall–Kier alpha value is -1.32. The Bertz CT molecular complexity index is 444. The lowest BCUT2D eigenvalue weighted by Gasteiger charge is -2.27. The molecule has 2 unspecified atom stereocenters. The van der Waals surface area contributed by atoms with Crippen LogP contribution in [0.4, 0.5) is 4.79 Å². The van der Waals surface area contributed by atoms with Crippen LogP contribution in [0.25, 0.3) is 0 Å². The van der Waals surface area contributed by atoms with Crippen molar-refractivity contribution in [2.24, 2.45) is 0 Å². The average Bonchev–Trinajstić information content (AvgIpc) is 2.48. The molecule has 9 heteroatoms. The van der Waals surface area contributed by atoms with E-state index in [1.807, 2.05) is 0 Å². The number of amides is 2. The van der Waals surface area contributed by atoms with Gasteiger partial charge < -0.3 is 14.2 Å².